The summed E-state index contributed by atoms with van der Waals surface area (Å²) < 4.78 is 19.7. The van der Waals surface area contributed by atoms with E-state index in [1.807, 2.05) is 0 Å². The minimum Gasteiger partial charge on any atom is -0.469 e. The van der Waals surface area contributed by atoms with E-state index in [9.17, 15) is 14.0 Å². The number of rotatable bonds is 3. The van der Waals surface area contributed by atoms with Gasteiger partial charge in [0.25, 0.3) is 5.91 Å². The van der Waals surface area contributed by atoms with E-state index < -0.39 is 0 Å². The zero-order valence-corrected chi connectivity index (χ0v) is 15.5. The minimum atomic E-state index is -0.300. The molecule has 1 amide bonds. The van der Waals surface area contributed by atoms with Gasteiger partial charge in [0.1, 0.15) is 11.5 Å². The van der Waals surface area contributed by atoms with Crippen LogP contribution in [0, 0.1) is 11.7 Å². The first kappa shape index (κ1) is 17.7. The molecule has 0 radical (unpaired) electrons. The van der Waals surface area contributed by atoms with E-state index >= 15 is 0 Å². The van der Waals surface area contributed by atoms with Crippen molar-refractivity contribution < 1.29 is 18.7 Å². The third-order valence-corrected chi connectivity index (χ3v) is 5.72. The molecule has 0 bridgehead atoms. The fraction of sp³-hybridized carbons (Fsp3) is 0.316. The molecule has 0 aliphatic carbocycles. The first-order valence-electron chi connectivity index (χ1n) is 8.66. The Labute approximate surface area is 159 Å². The molecule has 27 heavy (non-hydrogen) atoms. The summed E-state index contributed by atoms with van der Waals surface area (Å²) in [5.41, 5.74) is 2.04. The molecule has 4 rings (SSSR count). The van der Waals surface area contributed by atoms with Crippen LogP contribution < -0.4 is 0 Å². The van der Waals surface area contributed by atoms with E-state index in [0.717, 1.165) is 5.56 Å². The van der Waals surface area contributed by atoms with Crippen LogP contribution in [0.3, 0.4) is 0 Å². The molecular formula is C19H18FN3O3S. The average Bonchev–Trinajstić information content (AvgIpc) is 3.28. The van der Waals surface area contributed by atoms with Gasteiger partial charge in [0.15, 0.2) is 4.96 Å². The number of ether oxygens (including phenoxy) is 1. The maximum absolute atomic E-state index is 13.1. The first-order valence-corrected chi connectivity index (χ1v) is 9.54. The van der Waals surface area contributed by atoms with Crippen LogP contribution in [0.2, 0.25) is 0 Å². The molecule has 6 nitrogen and oxygen atoms in total. The van der Waals surface area contributed by atoms with E-state index in [1.54, 1.807) is 33.0 Å². The number of nitrogens with zero attached hydrogens (tertiary/aromatic N) is 3. The summed E-state index contributed by atoms with van der Waals surface area (Å²) in [5.74, 6) is -0.725. The second kappa shape index (κ2) is 7.11. The highest BCUT2D eigenvalue weighted by Gasteiger charge is 2.29. The number of thiazole rings is 1. The number of carbonyl (C=O) groups excluding carboxylic acids is 2. The molecule has 0 atom stereocenters. The molecule has 0 N–H and O–H groups in total. The van der Waals surface area contributed by atoms with Crippen LogP contribution in [0.4, 0.5) is 4.39 Å². The van der Waals surface area contributed by atoms with Gasteiger partial charge in [0.2, 0.25) is 0 Å². The second-order valence-corrected chi connectivity index (χ2v) is 7.33. The monoisotopic (exact) mass is 387 g/mol. The normalized spacial score (nSPS) is 15.3. The topological polar surface area (TPSA) is 63.9 Å². The summed E-state index contributed by atoms with van der Waals surface area (Å²) in [6.45, 7) is 1.05. The van der Waals surface area contributed by atoms with Crippen molar-refractivity contribution in [1.82, 2.24) is 14.3 Å². The van der Waals surface area contributed by atoms with Gasteiger partial charge in [0.05, 0.1) is 18.7 Å². The Bertz CT molecular complexity index is 987. The Morgan fingerprint density at radius 2 is 1.93 bits per heavy atom. The van der Waals surface area contributed by atoms with E-state index in [4.69, 9.17) is 4.74 Å². The van der Waals surface area contributed by atoms with Crippen molar-refractivity contribution in [2.45, 2.75) is 12.8 Å². The second-order valence-electron chi connectivity index (χ2n) is 6.50. The first-order chi connectivity index (χ1) is 13.1. The molecule has 0 unspecified atom stereocenters. The molecule has 3 heterocycles. The van der Waals surface area contributed by atoms with Gasteiger partial charge in [-0.05, 0) is 37.1 Å². The fourth-order valence-electron chi connectivity index (χ4n) is 3.34. The lowest BCUT2D eigenvalue weighted by molar-refractivity contribution is -0.146. The van der Waals surface area contributed by atoms with E-state index in [1.165, 1.54) is 30.6 Å². The highest BCUT2D eigenvalue weighted by Crippen LogP contribution is 2.26. The number of benzene rings is 1. The van der Waals surface area contributed by atoms with Crippen LogP contribution in [0.5, 0.6) is 0 Å². The largest absolute Gasteiger partial charge is 0.469 e. The molecule has 1 fully saturated rings. The van der Waals surface area contributed by atoms with Crippen LogP contribution in [-0.2, 0) is 9.53 Å². The van der Waals surface area contributed by atoms with Gasteiger partial charge < -0.3 is 9.64 Å². The Hall–Kier alpha value is -2.74. The van der Waals surface area contributed by atoms with Crippen molar-refractivity contribution >= 4 is 28.2 Å². The lowest BCUT2D eigenvalue weighted by atomic mass is 9.97. The number of likely N-dealkylation sites (tertiary alicyclic amines) is 1. The van der Waals surface area contributed by atoms with Gasteiger partial charge in [-0.3, -0.25) is 14.0 Å². The smallest absolute Gasteiger partial charge is 0.308 e. The van der Waals surface area contributed by atoms with Crippen molar-refractivity contribution in [1.29, 1.82) is 0 Å². The fourth-order valence-corrected chi connectivity index (χ4v) is 4.19. The van der Waals surface area contributed by atoms with Crippen LogP contribution in [0.15, 0.2) is 35.8 Å². The maximum Gasteiger partial charge on any atom is 0.308 e. The Kier molecular flexibility index (Phi) is 4.65. The molecule has 1 aliphatic rings. The van der Waals surface area contributed by atoms with Gasteiger partial charge in [-0.1, -0.05) is 0 Å². The summed E-state index contributed by atoms with van der Waals surface area (Å²) in [6.07, 6.45) is 3.01. The minimum absolute atomic E-state index is 0.0763. The summed E-state index contributed by atoms with van der Waals surface area (Å²) in [6, 6.07) is 6.11. The number of amides is 1. The number of hydrogen-bond donors (Lipinski definition) is 0. The number of imidazole rings is 1. The predicted octanol–water partition coefficient (Wildman–Crippen LogP) is 3.23. The summed E-state index contributed by atoms with van der Waals surface area (Å²) in [5, 5.41) is 1.80. The maximum atomic E-state index is 13.1. The van der Waals surface area contributed by atoms with Crippen LogP contribution in [-0.4, -0.2) is 46.4 Å². The molecule has 140 valence electrons. The number of carbonyl (C=O) groups is 2. The quantitative estimate of drug-likeness (QED) is 0.648. The zero-order valence-electron chi connectivity index (χ0n) is 14.7. The van der Waals surface area contributed by atoms with Crippen molar-refractivity contribution in [3.05, 3.63) is 47.4 Å². The molecule has 1 aromatic carbocycles. The van der Waals surface area contributed by atoms with Crippen molar-refractivity contribution in [3.8, 4) is 11.3 Å². The average molecular weight is 387 g/mol. The summed E-state index contributed by atoms with van der Waals surface area (Å²) >= 11 is 1.39. The van der Waals surface area contributed by atoms with E-state index in [-0.39, 0.29) is 23.6 Å². The number of methoxy groups -OCH3 is 1. The summed E-state index contributed by atoms with van der Waals surface area (Å²) in [4.78, 5) is 31.6. The number of esters is 1. The molecular weight excluding hydrogens is 369 g/mol. The van der Waals surface area contributed by atoms with Gasteiger partial charge in [-0.2, -0.15) is 0 Å². The van der Waals surface area contributed by atoms with Crippen molar-refractivity contribution in [3.63, 3.8) is 0 Å². The zero-order chi connectivity index (χ0) is 19.0. The molecule has 3 aromatic rings. The van der Waals surface area contributed by atoms with E-state index in [0.29, 0.717) is 42.3 Å². The molecule has 1 aliphatic heterocycles. The standard InChI is InChI=1S/C19H18FN3O3S/c1-26-18(25)13-6-8-22(9-7-13)17(24)16-11-27-19-21-15(10-23(16)19)12-2-4-14(20)5-3-12/h2-5,10-11,13H,6-9H2,1H3. The molecule has 2 aromatic heterocycles. The Morgan fingerprint density at radius 3 is 2.59 bits per heavy atom. The SMILES string of the molecule is COC(=O)C1CCN(C(=O)c2csc3nc(-c4ccc(F)cc4)cn23)CC1. The number of aromatic nitrogens is 2. The lowest BCUT2D eigenvalue weighted by Gasteiger charge is -2.30. The molecule has 0 spiro atoms. The van der Waals surface area contributed by atoms with Crippen molar-refractivity contribution in [2.24, 2.45) is 5.92 Å². The van der Waals surface area contributed by atoms with Gasteiger partial charge >= 0.3 is 5.97 Å². The lowest BCUT2D eigenvalue weighted by Crippen LogP contribution is -2.40. The molecule has 1 saturated heterocycles. The van der Waals surface area contributed by atoms with E-state index in [2.05, 4.69) is 4.98 Å². The third kappa shape index (κ3) is 3.32. The predicted molar refractivity (Wildman–Crippen MR) is 99.1 cm³/mol. The van der Waals surface area contributed by atoms with Crippen LogP contribution in [0.1, 0.15) is 23.3 Å². The van der Waals surface area contributed by atoms with Crippen molar-refractivity contribution in [2.75, 3.05) is 20.2 Å². The van der Waals surface area contributed by atoms with Crippen LogP contribution >= 0.6 is 11.3 Å². The number of fused-ring (bicyclic) bond motifs is 1. The van der Waals surface area contributed by atoms with Gasteiger partial charge in [-0.25, -0.2) is 9.37 Å². The Balaban J connectivity index is 1.54. The molecule has 0 saturated carbocycles. The Morgan fingerprint density at radius 1 is 1.22 bits per heavy atom. The number of piperidine rings is 1. The van der Waals surface area contributed by atoms with Gasteiger partial charge in [0, 0.05) is 30.2 Å². The number of halogens is 1. The third-order valence-electron chi connectivity index (χ3n) is 4.88. The highest BCUT2D eigenvalue weighted by atomic mass is 32.1. The molecule has 8 heteroatoms. The van der Waals surface area contributed by atoms with Gasteiger partial charge in [-0.15, -0.1) is 11.3 Å². The summed E-state index contributed by atoms with van der Waals surface area (Å²) in [7, 11) is 1.39. The highest BCUT2D eigenvalue weighted by molar-refractivity contribution is 7.15. The van der Waals surface area contributed by atoms with Crippen LogP contribution in [0.25, 0.3) is 16.2 Å². The number of hydrogen-bond acceptors (Lipinski definition) is 5.